The molecule has 1 aromatic carbocycles. The Morgan fingerprint density at radius 2 is 1.74 bits per heavy atom. The Morgan fingerprint density at radius 1 is 1.11 bits per heavy atom. The van der Waals surface area contributed by atoms with Gasteiger partial charge in [0.2, 0.25) is 0 Å². The van der Waals surface area contributed by atoms with Crippen molar-refractivity contribution >= 4 is 5.97 Å². The van der Waals surface area contributed by atoms with Crippen LogP contribution in [-0.4, -0.2) is 18.1 Å². The molecule has 0 radical (unpaired) electrons. The lowest BCUT2D eigenvalue weighted by Crippen LogP contribution is -2.48. The van der Waals surface area contributed by atoms with E-state index in [2.05, 4.69) is 0 Å². The first kappa shape index (κ1) is 14.1. The Morgan fingerprint density at radius 3 is 2.37 bits per heavy atom. The fourth-order valence-electron chi connectivity index (χ4n) is 2.61. The molecule has 1 aromatic rings. The zero-order chi connectivity index (χ0) is 13.6. The molecular formula is C16H23NO2. The highest BCUT2D eigenvalue weighted by atomic mass is 16.5. The van der Waals surface area contributed by atoms with Crippen molar-refractivity contribution in [2.24, 2.45) is 5.73 Å². The minimum atomic E-state index is -0.743. The van der Waals surface area contributed by atoms with Gasteiger partial charge in [-0.3, -0.25) is 4.79 Å². The molecule has 3 nitrogen and oxygen atoms in total. The summed E-state index contributed by atoms with van der Waals surface area (Å²) in [6.45, 7) is 0.418. The highest BCUT2D eigenvalue weighted by Gasteiger charge is 2.35. The van der Waals surface area contributed by atoms with Crippen molar-refractivity contribution in [3.63, 3.8) is 0 Å². The van der Waals surface area contributed by atoms with Gasteiger partial charge in [-0.15, -0.1) is 0 Å². The molecular weight excluding hydrogens is 238 g/mol. The van der Waals surface area contributed by atoms with Gasteiger partial charge in [0.25, 0.3) is 0 Å². The standard InChI is InChI=1S/C16H23NO2/c17-16(11-6-1-2-7-12-16)15(18)19-13-10-14-8-4-3-5-9-14/h3-5,8-9H,1-2,6-7,10-13,17H2. The van der Waals surface area contributed by atoms with Gasteiger partial charge in [0.15, 0.2) is 0 Å². The summed E-state index contributed by atoms with van der Waals surface area (Å²) in [5.74, 6) is -0.217. The molecule has 1 saturated carbocycles. The van der Waals surface area contributed by atoms with E-state index in [0.29, 0.717) is 6.61 Å². The molecule has 1 fully saturated rings. The molecule has 104 valence electrons. The molecule has 1 aliphatic rings. The topological polar surface area (TPSA) is 52.3 Å². The molecule has 0 unspecified atom stereocenters. The quantitative estimate of drug-likeness (QED) is 0.670. The SMILES string of the molecule is NC1(C(=O)OCCc2ccccc2)CCCCCC1. The Bertz CT molecular complexity index is 394. The minimum Gasteiger partial charge on any atom is -0.464 e. The van der Waals surface area contributed by atoms with E-state index in [4.69, 9.17) is 10.5 Å². The smallest absolute Gasteiger partial charge is 0.326 e. The maximum Gasteiger partial charge on any atom is 0.326 e. The zero-order valence-corrected chi connectivity index (χ0v) is 11.4. The average molecular weight is 261 g/mol. The Balaban J connectivity index is 1.80. The van der Waals surface area contributed by atoms with Crippen LogP contribution in [0.5, 0.6) is 0 Å². The molecule has 19 heavy (non-hydrogen) atoms. The number of esters is 1. The third-order valence-corrected chi connectivity index (χ3v) is 3.87. The van der Waals surface area contributed by atoms with E-state index in [1.54, 1.807) is 0 Å². The number of benzene rings is 1. The van der Waals surface area contributed by atoms with Gasteiger partial charge in [0.05, 0.1) is 6.61 Å². The molecule has 0 spiro atoms. The Hall–Kier alpha value is -1.35. The average Bonchev–Trinajstić information content (AvgIpc) is 2.66. The van der Waals surface area contributed by atoms with Crippen LogP contribution in [0, 0.1) is 0 Å². The van der Waals surface area contributed by atoms with Gasteiger partial charge < -0.3 is 10.5 Å². The van der Waals surface area contributed by atoms with E-state index in [9.17, 15) is 4.79 Å². The van der Waals surface area contributed by atoms with Crippen LogP contribution in [0.4, 0.5) is 0 Å². The predicted molar refractivity (Wildman–Crippen MR) is 75.7 cm³/mol. The summed E-state index contributed by atoms with van der Waals surface area (Å²) in [7, 11) is 0. The monoisotopic (exact) mass is 261 g/mol. The highest BCUT2D eigenvalue weighted by Crippen LogP contribution is 2.26. The van der Waals surface area contributed by atoms with Crippen LogP contribution in [-0.2, 0) is 16.0 Å². The fraction of sp³-hybridized carbons (Fsp3) is 0.562. The van der Waals surface area contributed by atoms with E-state index in [1.165, 1.54) is 18.4 Å². The zero-order valence-electron chi connectivity index (χ0n) is 11.4. The molecule has 0 aromatic heterocycles. The van der Waals surface area contributed by atoms with E-state index in [-0.39, 0.29) is 5.97 Å². The Kier molecular flexibility index (Phi) is 4.97. The second-order valence-corrected chi connectivity index (χ2v) is 5.44. The second-order valence-electron chi connectivity index (χ2n) is 5.44. The Labute approximate surface area is 115 Å². The van der Waals surface area contributed by atoms with Gasteiger partial charge in [0.1, 0.15) is 5.54 Å². The summed E-state index contributed by atoms with van der Waals surface area (Å²) in [6.07, 6.45) is 6.69. The van der Waals surface area contributed by atoms with Gasteiger partial charge in [0, 0.05) is 6.42 Å². The van der Waals surface area contributed by atoms with Crippen molar-refractivity contribution in [1.82, 2.24) is 0 Å². The predicted octanol–water partition coefficient (Wildman–Crippen LogP) is 2.82. The van der Waals surface area contributed by atoms with Gasteiger partial charge in [-0.2, -0.15) is 0 Å². The number of hydrogen-bond donors (Lipinski definition) is 1. The number of hydrogen-bond acceptors (Lipinski definition) is 3. The van der Waals surface area contributed by atoms with E-state index in [1.807, 2.05) is 30.3 Å². The molecule has 0 saturated heterocycles. The minimum absolute atomic E-state index is 0.217. The van der Waals surface area contributed by atoms with Crippen LogP contribution in [0.3, 0.4) is 0 Å². The van der Waals surface area contributed by atoms with Crippen molar-refractivity contribution in [3.05, 3.63) is 35.9 Å². The molecule has 3 heteroatoms. The van der Waals surface area contributed by atoms with Gasteiger partial charge >= 0.3 is 5.97 Å². The number of carbonyl (C=O) groups excluding carboxylic acids is 1. The summed E-state index contributed by atoms with van der Waals surface area (Å²) in [4.78, 5) is 12.1. The van der Waals surface area contributed by atoms with E-state index < -0.39 is 5.54 Å². The lowest BCUT2D eigenvalue weighted by molar-refractivity contribution is -0.150. The van der Waals surface area contributed by atoms with Crippen LogP contribution >= 0.6 is 0 Å². The first-order valence-corrected chi connectivity index (χ1v) is 7.21. The summed E-state index contributed by atoms with van der Waals surface area (Å²) in [5.41, 5.74) is 6.65. The van der Waals surface area contributed by atoms with Gasteiger partial charge in [-0.05, 0) is 18.4 Å². The van der Waals surface area contributed by atoms with Crippen LogP contribution in [0.25, 0.3) is 0 Å². The molecule has 2 rings (SSSR count). The van der Waals surface area contributed by atoms with Crippen LogP contribution < -0.4 is 5.73 Å². The summed E-state index contributed by atoms with van der Waals surface area (Å²) >= 11 is 0. The first-order chi connectivity index (χ1) is 9.21. The van der Waals surface area contributed by atoms with E-state index >= 15 is 0 Å². The summed E-state index contributed by atoms with van der Waals surface area (Å²) in [5, 5.41) is 0. The number of carbonyl (C=O) groups is 1. The highest BCUT2D eigenvalue weighted by molar-refractivity contribution is 5.80. The molecule has 2 N–H and O–H groups in total. The molecule has 0 bridgehead atoms. The maximum atomic E-state index is 12.1. The van der Waals surface area contributed by atoms with Gasteiger partial charge in [-0.1, -0.05) is 56.0 Å². The summed E-state index contributed by atoms with van der Waals surface area (Å²) in [6, 6.07) is 10.0. The third kappa shape index (κ3) is 4.06. The maximum absolute atomic E-state index is 12.1. The molecule has 0 atom stereocenters. The van der Waals surface area contributed by atoms with Crippen molar-refractivity contribution < 1.29 is 9.53 Å². The van der Waals surface area contributed by atoms with Crippen molar-refractivity contribution in [2.75, 3.05) is 6.61 Å². The fourth-order valence-corrected chi connectivity index (χ4v) is 2.61. The second kappa shape index (κ2) is 6.71. The normalized spacial score (nSPS) is 18.6. The van der Waals surface area contributed by atoms with Gasteiger partial charge in [-0.25, -0.2) is 0 Å². The van der Waals surface area contributed by atoms with E-state index in [0.717, 1.165) is 32.1 Å². The van der Waals surface area contributed by atoms with Crippen molar-refractivity contribution in [1.29, 1.82) is 0 Å². The lowest BCUT2D eigenvalue weighted by Gasteiger charge is -2.25. The van der Waals surface area contributed by atoms with Crippen LogP contribution in [0.2, 0.25) is 0 Å². The molecule has 1 aliphatic carbocycles. The lowest BCUT2D eigenvalue weighted by atomic mass is 9.92. The summed E-state index contributed by atoms with van der Waals surface area (Å²) < 4.78 is 5.38. The van der Waals surface area contributed by atoms with Crippen LogP contribution in [0.15, 0.2) is 30.3 Å². The number of ether oxygens (including phenoxy) is 1. The molecule has 0 heterocycles. The van der Waals surface area contributed by atoms with Crippen molar-refractivity contribution in [3.8, 4) is 0 Å². The number of nitrogens with two attached hydrogens (primary N) is 1. The largest absolute Gasteiger partial charge is 0.464 e. The third-order valence-electron chi connectivity index (χ3n) is 3.87. The number of rotatable bonds is 4. The van der Waals surface area contributed by atoms with Crippen LogP contribution in [0.1, 0.15) is 44.1 Å². The first-order valence-electron chi connectivity index (χ1n) is 7.21. The van der Waals surface area contributed by atoms with Crippen molar-refractivity contribution in [2.45, 2.75) is 50.5 Å². The molecule has 0 amide bonds. The molecule has 0 aliphatic heterocycles.